The molecule has 0 aromatic heterocycles. The van der Waals surface area contributed by atoms with E-state index in [4.69, 9.17) is 4.74 Å². The standard InChI is InChI=1S/C24H30F3NO3/c1-21(2,3)14-11-17(29)19-15-10-13(20(30)28-23(8-9-23)24(25,26)27)6-7-16(15)22(4,5)31-18(19)12-14/h6,11-12,15-16,29H,7-10H2,1-5H3,(H,28,30). The number of rotatable bonds is 2. The SMILES string of the molecule is CC(C)(C)c1cc(O)c2c(c1)OC(C)(C)C1CC=C(C(=O)NC3(C(F)(F)F)CC3)CC21. The van der Waals surface area contributed by atoms with E-state index in [0.717, 1.165) is 5.56 Å². The van der Waals surface area contributed by atoms with E-state index in [1.54, 1.807) is 12.1 Å². The normalized spacial score (nSPS) is 26.1. The van der Waals surface area contributed by atoms with Crippen molar-refractivity contribution < 1.29 is 27.8 Å². The van der Waals surface area contributed by atoms with Gasteiger partial charge in [0.1, 0.15) is 22.6 Å². The summed E-state index contributed by atoms with van der Waals surface area (Å²) in [6.45, 7) is 10.1. The number of phenolic OH excluding ortho intramolecular Hbond substituents is 1. The van der Waals surface area contributed by atoms with Crippen LogP contribution >= 0.6 is 0 Å². The second-order valence-electron chi connectivity index (χ2n) is 10.8. The molecule has 7 heteroatoms. The number of allylic oxidation sites excluding steroid dienone is 1. The van der Waals surface area contributed by atoms with Crippen LogP contribution in [0.3, 0.4) is 0 Å². The summed E-state index contributed by atoms with van der Waals surface area (Å²) in [6.07, 6.45) is -2.11. The largest absolute Gasteiger partial charge is 0.508 e. The Morgan fingerprint density at radius 2 is 1.84 bits per heavy atom. The van der Waals surface area contributed by atoms with Crippen molar-refractivity contribution in [2.75, 3.05) is 0 Å². The van der Waals surface area contributed by atoms with Crippen LogP contribution in [-0.4, -0.2) is 28.3 Å². The molecule has 1 amide bonds. The lowest BCUT2D eigenvalue weighted by atomic mass is 9.66. The van der Waals surface area contributed by atoms with Crippen molar-refractivity contribution in [1.29, 1.82) is 0 Å². The molecule has 2 atom stereocenters. The third-order valence-corrected chi connectivity index (χ3v) is 7.10. The molecule has 0 radical (unpaired) electrons. The lowest BCUT2D eigenvalue weighted by Crippen LogP contribution is -2.50. The number of carbonyl (C=O) groups is 1. The minimum absolute atomic E-state index is 0.000406. The molecule has 170 valence electrons. The van der Waals surface area contributed by atoms with E-state index < -0.39 is 23.2 Å². The fourth-order valence-electron chi connectivity index (χ4n) is 4.92. The van der Waals surface area contributed by atoms with Crippen LogP contribution in [0.25, 0.3) is 0 Å². The van der Waals surface area contributed by atoms with Crippen LogP contribution in [0.4, 0.5) is 13.2 Å². The molecule has 1 fully saturated rings. The van der Waals surface area contributed by atoms with Gasteiger partial charge in [-0.2, -0.15) is 13.2 Å². The molecule has 0 saturated heterocycles. The number of benzene rings is 1. The van der Waals surface area contributed by atoms with Crippen LogP contribution in [0.1, 0.15) is 77.3 Å². The molecule has 4 rings (SSSR count). The maximum absolute atomic E-state index is 13.3. The molecule has 2 unspecified atom stereocenters. The lowest BCUT2D eigenvalue weighted by Gasteiger charge is -2.47. The zero-order chi connectivity index (χ0) is 23.0. The molecule has 1 aromatic rings. The third-order valence-electron chi connectivity index (χ3n) is 7.10. The first-order valence-electron chi connectivity index (χ1n) is 10.8. The van der Waals surface area contributed by atoms with E-state index in [9.17, 15) is 23.1 Å². The van der Waals surface area contributed by atoms with Gasteiger partial charge in [0.2, 0.25) is 5.91 Å². The number of hydrogen-bond acceptors (Lipinski definition) is 3. The number of hydrogen-bond donors (Lipinski definition) is 2. The van der Waals surface area contributed by atoms with E-state index in [1.807, 2.05) is 40.7 Å². The monoisotopic (exact) mass is 437 g/mol. The van der Waals surface area contributed by atoms with Gasteiger partial charge in [-0.05, 0) is 62.6 Å². The summed E-state index contributed by atoms with van der Waals surface area (Å²) in [7, 11) is 0. The van der Waals surface area contributed by atoms with Gasteiger partial charge in [0.05, 0.1) is 0 Å². The van der Waals surface area contributed by atoms with Crippen LogP contribution in [0, 0.1) is 5.92 Å². The van der Waals surface area contributed by atoms with Gasteiger partial charge >= 0.3 is 6.18 Å². The zero-order valence-electron chi connectivity index (χ0n) is 18.6. The highest BCUT2D eigenvalue weighted by Crippen LogP contribution is 2.55. The summed E-state index contributed by atoms with van der Waals surface area (Å²) in [5, 5.41) is 13.1. The molecule has 1 heterocycles. The van der Waals surface area contributed by atoms with Crippen LogP contribution in [-0.2, 0) is 10.2 Å². The topological polar surface area (TPSA) is 58.6 Å². The Bertz CT molecular complexity index is 952. The minimum atomic E-state index is -4.45. The number of phenols is 1. The van der Waals surface area contributed by atoms with Crippen molar-refractivity contribution in [2.45, 2.75) is 89.0 Å². The molecule has 0 spiro atoms. The molecule has 1 aliphatic heterocycles. The first-order valence-corrected chi connectivity index (χ1v) is 10.8. The van der Waals surface area contributed by atoms with Crippen molar-refractivity contribution in [3.63, 3.8) is 0 Å². The number of carbonyl (C=O) groups excluding carboxylic acids is 1. The predicted molar refractivity (Wildman–Crippen MR) is 111 cm³/mol. The van der Waals surface area contributed by atoms with Crippen molar-refractivity contribution in [3.8, 4) is 11.5 Å². The van der Waals surface area contributed by atoms with Crippen molar-refractivity contribution >= 4 is 5.91 Å². The average molecular weight is 438 g/mol. The van der Waals surface area contributed by atoms with Crippen LogP contribution in [0.15, 0.2) is 23.8 Å². The van der Waals surface area contributed by atoms with Gasteiger partial charge in [-0.3, -0.25) is 4.79 Å². The average Bonchev–Trinajstić information content (AvgIpc) is 3.40. The fraction of sp³-hybridized carbons (Fsp3) is 0.625. The Kier molecular flexibility index (Phi) is 4.73. The number of amides is 1. The first kappa shape index (κ1) is 22.0. The maximum Gasteiger partial charge on any atom is 0.411 e. The number of fused-ring (bicyclic) bond motifs is 3. The summed E-state index contributed by atoms with van der Waals surface area (Å²) in [5.74, 6) is -0.166. The van der Waals surface area contributed by atoms with Crippen molar-refractivity contribution in [1.82, 2.24) is 5.32 Å². The molecular weight excluding hydrogens is 407 g/mol. The second-order valence-corrected chi connectivity index (χ2v) is 10.8. The molecule has 2 aliphatic carbocycles. The van der Waals surface area contributed by atoms with Crippen LogP contribution in [0.2, 0.25) is 0 Å². The van der Waals surface area contributed by atoms with Crippen molar-refractivity contribution in [2.24, 2.45) is 5.92 Å². The van der Waals surface area contributed by atoms with Gasteiger partial charge in [-0.15, -0.1) is 0 Å². The number of alkyl halides is 3. The number of ether oxygens (including phenoxy) is 1. The molecular formula is C24H30F3NO3. The van der Waals surface area contributed by atoms with Crippen molar-refractivity contribution in [3.05, 3.63) is 34.9 Å². The number of aromatic hydroxyl groups is 1. The Labute approximate surface area is 180 Å². The minimum Gasteiger partial charge on any atom is -0.508 e. The van der Waals surface area contributed by atoms with E-state index in [0.29, 0.717) is 23.3 Å². The highest BCUT2D eigenvalue weighted by Gasteiger charge is 2.64. The number of halogens is 3. The smallest absolute Gasteiger partial charge is 0.411 e. The summed E-state index contributed by atoms with van der Waals surface area (Å²) in [6, 6.07) is 3.67. The van der Waals surface area contributed by atoms with Gasteiger partial charge in [-0.1, -0.05) is 26.8 Å². The maximum atomic E-state index is 13.3. The molecule has 2 N–H and O–H groups in total. The number of nitrogens with one attached hydrogen (secondary N) is 1. The third kappa shape index (κ3) is 3.70. The summed E-state index contributed by atoms with van der Waals surface area (Å²) < 4.78 is 46.2. The fourth-order valence-corrected chi connectivity index (χ4v) is 4.92. The van der Waals surface area contributed by atoms with Gasteiger partial charge < -0.3 is 15.2 Å². The van der Waals surface area contributed by atoms with E-state index >= 15 is 0 Å². The zero-order valence-corrected chi connectivity index (χ0v) is 18.6. The molecule has 31 heavy (non-hydrogen) atoms. The van der Waals surface area contributed by atoms with Gasteiger partial charge in [0.25, 0.3) is 0 Å². The second kappa shape index (κ2) is 6.66. The molecule has 3 aliphatic rings. The Balaban J connectivity index is 1.66. The Hall–Kier alpha value is -2.18. The lowest BCUT2D eigenvalue weighted by molar-refractivity contribution is -0.169. The molecule has 1 saturated carbocycles. The highest BCUT2D eigenvalue weighted by atomic mass is 19.4. The van der Waals surface area contributed by atoms with E-state index in [2.05, 4.69) is 5.32 Å². The quantitative estimate of drug-likeness (QED) is 0.643. The molecule has 4 nitrogen and oxygen atoms in total. The summed E-state index contributed by atoms with van der Waals surface area (Å²) in [5.41, 5.74) is -0.887. The van der Waals surface area contributed by atoms with Gasteiger partial charge in [0.15, 0.2) is 0 Å². The predicted octanol–water partition coefficient (Wildman–Crippen LogP) is 5.49. The van der Waals surface area contributed by atoms with Gasteiger partial charge in [-0.25, -0.2) is 0 Å². The van der Waals surface area contributed by atoms with E-state index in [-0.39, 0.29) is 42.3 Å². The van der Waals surface area contributed by atoms with E-state index in [1.165, 1.54) is 0 Å². The first-order chi connectivity index (χ1) is 14.1. The molecule has 0 bridgehead atoms. The summed E-state index contributed by atoms with van der Waals surface area (Å²) in [4.78, 5) is 12.7. The molecule has 1 aromatic carbocycles. The summed E-state index contributed by atoms with van der Waals surface area (Å²) >= 11 is 0. The Morgan fingerprint density at radius 1 is 1.19 bits per heavy atom. The van der Waals surface area contributed by atoms with Crippen LogP contribution in [0.5, 0.6) is 11.5 Å². The highest BCUT2D eigenvalue weighted by molar-refractivity contribution is 5.94. The van der Waals surface area contributed by atoms with Crippen LogP contribution < -0.4 is 10.1 Å². The van der Waals surface area contributed by atoms with Gasteiger partial charge in [0, 0.05) is 23.0 Å². The Morgan fingerprint density at radius 3 is 2.39 bits per heavy atom.